The molecule has 21 heavy (non-hydrogen) atoms. The normalized spacial score (nSPS) is 22.4. The maximum atomic E-state index is 13.1. The smallest absolute Gasteiger partial charge is 0.126 e. The molecule has 3 nitrogen and oxygen atoms in total. The Morgan fingerprint density at radius 3 is 2.24 bits per heavy atom. The van der Waals surface area contributed by atoms with E-state index < -0.39 is 17.7 Å². The molecule has 0 amide bonds. The lowest BCUT2D eigenvalue weighted by Crippen LogP contribution is -2.47. The molecule has 0 bridgehead atoms. The van der Waals surface area contributed by atoms with Gasteiger partial charge >= 0.3 is 0 Å². The van der Waals surface area contributed by atoms with Gasteiger partial charge in [0.05, 0.1) is 6.10 Å². The van der Waals surface area contributed by atoms with Gasteiger partial charge in [0.15, 0.2) is 0 Å². The van der Waals surface area contributed by atoms with E-state index in [0.717, 1.165) is 44.8 Å². The second-order valence-electron chi connectivity index (χ2n) is 6.12. The monoisotopic (exact) mass is 296 g/mol. The average molecular weight is 296 g/mol. The van der Waals surface area contributed by atoms with Crippen LogP contribution in [0.1, 0.15) is 30.9 Å². The van der Waals surface area contributed by atoms with Crippen molar-refractivity contribution in [2.75, 3.05) is 32.7 Å². The van der Waals surface area contributed by atoms with Crippen molar-refractivity contribution in [1.29, 1.82) is 0 Å². The number of rotatable bonds is 5. The fourth-order valence-electron chi connectivity index (χ4n) is 3.03. The van der Waals surface area contributed by atoms with E-state index in [9.17, 15) is 13.9 Å². The Hall–Kier alpha value is -1.04. The van der Waals surface area contributed by atoms with Crippen LogP contribution in [-0.4, -0.2) is 53.7 Å². The summed E-state index contributed by atoms with van der Waals surface area (Å²) >= 11 is 0. The van der Waals surface area contributed by atoms with Crippen LogP contribution in [0.25, 0.3) is 0 Å². The van der Waals surface area contributed by atoms with Gasteiger partial charge in [-0.2, -0.15) is 0 Å². The first-order valence-electron chi connectivity index (χ1n) is 7.72. The van der Waals surface area contributed by atoms with Crippen LogP contribution in [0, 0.1) is 11.6 Å². The number of aliphatic hydroxyl groups excluding tert-OH is 1. The van der Waals surface area contributed by atoms with Gasteiger partial charge in [-0.05, 0) is 37.0 Å². The quantitative estimate of drug-likeness (QED) is 0.902. The Balaban J connectivity index is 1.46. The van der Waals surface area contributed by atoms with Crippen molar-refractivity contribution in [2.45, 2.75) is 31.4 Å². The first-order chi connectivity index (χ1) is 10.1. The van der Waals surface area contributed by atoms with Gasteiger partial charge in [-0.25, -0.2) is 8.78 Å². The van der Waals surface area contributed by atoms with Crippen LogP contribution >= 0.6 is 0 Å². The number of aliphatic hydroxyl groups is 1. The van der Waals surface area contributed by atoms with Crippen LogP contribution < -0.4 is 0 Å². The van der Waals surface area contributed by atoms with E-state index in [-0.39, 0.29) is 0 Å². The maximum absolute atomic E-state index is 13.1. The second kappa shape index (κ2) is 6.38. The van der Waals surface area contributed by atoms with Gasteiger partial charge in [0.2, 0.25) is 0 Å². The molecule has 1 aliphatic carbocycles. The Kier molecular flexibility index (Phi) is 4.52. The molecule has 5 heteroatoms. The van der Waals surface area contributed by atoms with Gasteiger partial charge in [-0.1, -0.05) is 0 Å². The van der Waals surface area contributed by atoms with Gasteiger partial charge in [0.1, 0.15) is 11.6 Å². The van der Waals surface area contributed by atoms with Crippen molar-refractivity contribution in [3.63, 3.8) is 0 Å². The molecule has 3 rings (SSSR count). The fourth-order valence-corrected chi connectivity index (χ4v) is 3.03. The lowest BCUT2D eigenvalue weighted by molar-refractivity contribution is 0.0988. The van der Waals surface area contributed by atoms with Crippen molar-refractivity contribution in [3.8, 4) is 0 Å². The third-order valence-electron chi connectivity index (χ3n) is 4.46. The van der Waals surface area contributed by atoms with E-state index in [2.05, 4.69) is 9.80 Å². The molecule has 0 spiro atoms. The zero-order valence-electron chi connectivity index (χ0n) is 12.1. The summed E-state index contributed by atoms with van der Waals surface area (Å²) in [5.41, 5.74) is 0.323. The molecule has 1 saturated heterocycles. The van der Waals surface area contributed by atoms with E-state index in [1.54, 1.807) is 0 Å². The van der Waals surface area contributed by atoms with Crippen LogP contribution in [0.2, 0.25) is 0 Å². The Bertz CT molecular complexity index is 465. The Labute approximate surface area is 124 Å². The van der Waals surface area contributed by atoms with Gasteiger partial charge in [0.25, 0.3) is 0 Å². The molecule has 1 heterocycles. The van der Waals surface area contributed by atoms with Crippen molar-refractivity contribution in [2.24, 2.45) is 0 Å². The summed E-state index contributed by atoms with van der Waals surface area (Å²) in [6.45, 7) is 4.98. The predicted molar refractivity (Wildman–Crippen MR) is 77.0 cm³/mol. The third kappa shape index (κ3) is 3.99. The van der Waals surface area contributed by atoms with Crippen molar-refractivity contribution in [3.05, 3.63) is 35.4 Å². The summed E-state index contributed by atoms with van der Waals surface area (Å²) in [5.74, 6) is -1.27. The maximum Gasteiger partial charge on any atom is 0.126 e. The number of nitrogens with zero attached hydrogens (tertiary/aromatic N) is 2. The first kappa shape index (κ1) is 14.9. The number of hydrogen-bond acceptors (Lipinski definition) is 3. The summed E-state index contributed by atoms with van der Waals surface area (Å²) in [5, 5.41) is 10.1. The molecule has 1 saturated carbocycles. The summed E-state index contributed by atoms with van der Waals surface area (Å²) in [6.07, 6.45) is 2.37. The molecule has 1 aliphatic heterocycles. The molecule has 0 radical (unpaired) electrons. The summed E-state index contributed by atoms with van der Waals surface area (Å²) in [7, 11) is 0. The average Bonchev–Trinajstić information content (AvgIpc) is 3.29. The number of benzene rings is 1. The summed E-state index contributed by atoms with van der Waals surface area (Å²) < 4.78 is 26.3. The lowest BCUT2D eigenvalue weighted by atomic mass is 10.1. The minimum Gasteiger partial charge on any atom is -0.388 e. The van der Waals surface area contributed by atoms with Crippen molar-refractivity contribution in [1.82, 2.24) is 9.80 Å². The Morgan fingerprint density at radius 2 is 1.67 bits per heavy atom. The van der Waals surface area contributed by atoms with Crippen LogP contribution in [0.3, 0.4) is 0 Å². The third-order valence-corrected chi connectivity index (χ3v) is 4.46. The van der Waals surface area contributed by atoms with Crippen molar-refractivity contribution >= 4 is 0 Å². The SMILES string of the molecule is OC(CCN1CCN(C2CC2)CC1)c1cc(F)cc(F)c1. The topological polar surface area (TPSA) is 26.7 Å². The van der Waals surface area contributed by atoms with E-state index in [1.165, 1.54) is 25.0 Å². The molecule has 0 aromatic heterocycles. The van der Waals surface area contributed by atoms with E-state index in [4.69, 9.17) is 0 Å². The molecule has 1 aromatic rings. The van der Waals surface area contributed by atoms with E-state index >= 15 is 0 Å². The molecule has 1 unspecified atom stereocenters. The minimum absolute atomic E-state index is 0.323. The van der Waals surface area contributed by atoms with Gasteiger partial charge in [-0.3, -0.25) is 4.90 Å². The Morgan fingerprint density at radius 1 is 1.05 bits per heavy atom. The molecule has 2 aliphatic rings. The van der Waals surface area contributed by atoms with Crippen LogP contribution in [0.4, 0.5) is 8.78 Å². The zero-order valence-corrected chi connectivity index (χ0v) is 12.1. The van der Waals surface area contributed by atoms with Crippen LogP contribution in [-0.2, 0) is 0 Å². The van der Waals surface area contributed by atoms with Crippen LogP contribution in [0.5, 0.6) is 0 Å². The standard InChI is InChI=1S/C16H22F2N2O/c17-13-9-12(10-14(18)11-13)16(21)3-4-19-5-7-20(8-6-19)15-1-2-15/h9-11,15-16,21H,1-8H2. The largest absolute Gasteiger partial charge is 0.388 e. The van der Waals surface area contributed by atoms with E-state index in [1.807, 2.05) is 0 Å². The molecule has 1 aromatic carbocycles. The van der Waals surface area contributed by atoms with E-state index in [0.29, 0.717) is 12.0 Å². The highest BCUT2D eigenvalue weighted by Crippen LogP contribution is 2.27. The zero-order chi connectivity index (χ0) is 14.8. The van der Waals surface area contributed by atoms with Gasteiger partial charge in [0, 0.05) is 44.8 Å². The summed E-state index contributed by atoms with van der Waals surface area (Å²) in [4.78, 5) is 4.85. The first-order valence-corrected chi connectivity index (χ1v) is 7.72. The molecular formula is C16H22F2N2O. The predicted octanol–water partition coefficient (Wildman–Crippen LogP) is 2.17. The highest BCUT2D eigenvalue weighted by Gasteiger charge is 2.31. The molecule has 1 atom stereocenters. The number of halogens is 2. The molecule has 116 valence electrons. The minimum atomic E-state index is -0.809. The molecule has 1 N–H and O–H groups in total. The lowest BCUT2D eigenvalue weighted by Gasteiger charge is -2.35. The summed E-state index contributed by atoms with van der Waals surface area (Å²) in [6, 6.07) is 4.05. The second-order valence-corrected chi connectivity index (χ2v) is 6.12. The number of hydrogen-bond donors (Lipinski definition) is 1. The van der Waals surface area contributed by atoms with Gasteiger partial charge in [-0.15, -0.1) is 0 Å². The van der Waals surface area contributed by atoms with Crippen molar-refractivity contribution < 1.29 is 13.9 Å². The molecular weight excluding hydrogens is 274 g/mol. The number of piperazine rings is 1. The van der Waals surface area contributed by atoms with Crippen LogP contribution in [0.15, 0.2) is 18.2 Å². The van der Waals surface area contributed by atoms with Gasteiger partial charge < -0.3 is 10.0 Å². The molecule has 2 fully saturated rings. The highest BCUT2D eigenvalue weighted by atomic mass is 19.1. The highest BCUT2D eigenvalue weighted by molar-refractivity contribution is 5.20. The fraction of sp³-hybridized carbons (Fsp3) is 0.625.